The van der Waals surface area contributed by atoms with Crippen molar-refractivity contribution in [2.24, 2.45) is 0 Å². The minimum Gasteiger partial charge on any atom is -0.493 e. The van der Waals surface area contributed by atoms with E-state index < -0.39 is 0 Å². The van der Waals surface area contributed by atoms with Crippen LogP contribution in [0.15, 0.2) is 28.4 Å². The van der Waals surface area contributed by atoms with Gasteiger partial charge in [0.05, 0.1) is 41.9 Å². The fraction of sp³-hybridized carbons (Fsp3) is 0.294. The van der Waals surface area contributed by atoms with E-state index in [4.69, 9.17) is 18.9 Å². The minimum atomic E-state index is 0.597. The largest absolute Gasteiger partial charge is 0.493 e. The van der Waals surface area contributed by atoms with E-state index in [-0.39, 0.29) is 0 Å². The number of hydrogen-bond donors (Lipinski definition) is 0. The van der Waals surface area contributed by atoms with Gasteiger partial charge in [-0.2, -0.15) is 0 Å². The molecule has 0 N–H and O–H groups in total. The zero-order valence-corrected chi connectivity index (χ0v) is 22.2. The Morgan fingerprint density at radius 2 is 1.12 bits per heavy atom. The molecular weight excluding hydrogens is 668 g/mol. The van der Waals surface area contributed by atoms with Gasteiger partial charge in [-0.1, -0.05) is 0 Å². The van der Waals surface area contributed by atoms with Gasteiger partial charge in [0.2, 0.25) is 0 Å². The third-order valence-electron chi connectivity index (χ3n) is 3.73. The third-order valence-corrected chi connectivity index (χ3v) is 8.93. The minimum absolute atomic E-state index is 0.597. The van der Waals surface area contributed by atoms with Gasteiger partial charge in [-0.15, -0.1) is 0 Å². The van der Waals surface area contributed by atoms with Gasteiger partial charge in [0, 0.05) is 15.4 Å². The van der Waals surface area contributed by atoms with Gasteiger partial charge in [0.15, 0.2) is 23.0 Å². The second-order valence-corrected chi connectivity index (χ2v) is 9.03. The summed E-state index contributed by atoms with van der Waals surface area (Å²) in [4.78, 5) is 0. The molecule has 0 amide bonds. The van der Waals surface area contributed by atoms with Crippen molar-refractivity contribution < 1.29 is 18.9 Å². The van der Waals surface area contributed by atoms with Gasteiger partial charge >= 0.3 is 0 Å². The fourth-order valence-corrected chi connectivity index (χ4v) is 5.57. The number of halogens is 5. The van der Waals surface area contributed by atoms with E-state index in [9.17, 15) is 0 Å². The lowest BCUT2D eigenvalue weighted by Gasteiger charge is -2.19. The summed E-state index contributed by atoms with van der Waals surface area (Å²) >= 11 is 18.1. The zero-order valence-electron chi connectivity index (χ0n) is 14.3. The Morgan fingerprint density at radius 1 is 0.615 bits per heavy atom. The lowest BCUT2D eigenvalue weighted by Crippen LogP contribution is -2.01. The van der Waals surface area contributed by atoms with Crippen molar-refractivity contribution in [3.63, 3.8) is 0 Å². The highest BCUT2D eigenvalue weighted by Crippen LogP contribution is 2.50. The normalized spacial score (nSPS) is 10.7. The van der Waals surface area contributed by atoms with Crippen molar-refractivity contribution in [2.75, 3.05) is 28.4 Å². The van der Waals surface area contributed by atoms with E-state index in [0.29, 0.717) is 29.4 Å². The molecule has 0 aliphatic heterocycles. The Balaban J connectivity index is 2.66. The molecule has 0 atom stereocenters. The van der Waals surface area contributed by atoms with Crippen molar-refractivity contribution in [3.05, 3.63) is 39.6 Å². The van der Waals surface area contributed by atoms with E-state index >= 15 is 0 Å². The second-order valence-electron chi connectivity index (χ2n) is 5.06. The maximum atomic E-state index is 5.53. The molecular formula is C17H15Br5O4. The van der Waals surface area contributed by atoms with E-state index in [1.807, 2.05) is 6.07 Å². The Kier molecular flexibility index (Phi) is 8.15. The van der Waals surface area contributed by atoms with E-state index in [0.717, 1.165) is 33.5 Å². The average Bonchev–Trinajstić information content (AvgIpc) is 2.64. The number of hydrogen-bond acceptors (Lipinski definition) is 4. The lowest BCUT2D eigenvalue weighted by atomic mass is 10.0. The number of methoxy groups -OCH3 is 4. The van der Waals surface area contributed by atoms with Crippen LogP contribution in [0.3, 0.4) is 0 Å². The molecule has 4 nitrogen and oxygen atoms in total. The molecule has 2 aromatic rings. The SMILES string of the molecule is COc1cc(Cc2c(Br)c(Br)c(OC)c(OC)c2Br)c(Br)c(Br)c1OC. The van der Waals surface area contributed by atoms with Crippen LogP contribution < -0.4 is 18.9 Å². The van der Waals surface area contributed by atoms with Crippen LogP contribution in [0.5, 0.6) is 23.0 Å². The van der Waals surface area contributed by atoms with E-state index in [2.05, 4.69) is 79.6 Å². The first-order valence-corrected chi connectivity index (χ1v) is 11.1. The highest BCUT2D eigenvalue weighted by Gasteiger charge is 2.24. The fourth-order valence-electron chi connectivity index (χ4n) is 2.48. The third kappa shape index (κ3) is 4.06. The van der Waals surface area contributed by atoms with Gasteiger partial charge in [0.25, 0.3) is 0 Å². The molecule has 2 rings (SSSR count). The molecule has 0 saturated heterocycles. The summed E-state index contributed by atoms with van der Waals surface area (Å²) in [7, 11) is 6.42. The van der Waals surface area contributed by atoms with Crippen LogP contribution in [0.4, 0.5) is 0 Å². The van der Waals surface area contributed by atoms with Crippen molar-refractivity contribution in [2.45, 2.75) is 6.42 Å². The molecule has 0 saturated carbocycles. The van der Waals surface area contributed by atoms with Gasteiger partial charge in [-0.3, -0.25) is 0 Å². The lowest BCUT2D eigenvalue weighted by molar-refractivity contribution is 0.350. The van der Waals surface area contributed by atoms with Crippen LogP contribution in [0, 0.1) is 0 Å². The molecule has 26 heavy (non-hydrogen) atoms. The van der Waals surface area contributed by atoms with Gasteiger partial charge in [-0.05, 0) is 96.8 Å². The summed E-state index contributed by atoms with van der Waals surface area (Å²) in [6.45, 7) is 0. The topological polar surface area (TPSA) is 36.9 Å². The molecule has 0 bridgehead atoms. The first-order valence-electron chi connectivity index (χ1n) is 7.18. The first kappa shape index (κ1) is 22.3. The van der Waals surface area contributed by atoms with Crippen molar-refractivity contribution >= 4 is 79.6 Å². The maximum absolute atomic E-state index is 5.53. The van der Waals surface area contributed by atoms with Crippen LogP contribution in [-0.4, -0.2) is 28.4 Å². The molecule has 142 valence electrons. The van der Waals surface area contributed by atoms with Crippen LogP contribution in [0.2, 0.25) is 0 Å². The molecule has 2 aromatic carbocycles. The summed E-state index contributed by atoms with van der Waals surface area (Å²) in [6.07, 6.45) is 0.597. The molecule has 0 aliphatic carbocycles. The van der Waals surface area contributed by atoms with Crippen LogP contribution in [0.1, 0.15) is 11.1 Å². The molecule has 0 unspecified atom stereocenters. The van der Waals surface area contributed by atoms with E-state index in [1.54, 1.807) is 28.4 Å². The maximum Gasteiger partial charge on any atom is 0.177 e. The smallest absolute Gasteiger partial charge is 0.177 e. The predicted octanol–water partition coefficient (Wildman–Crippen LogP) is 7.12. The van der Waals surface area contributed by atoms with Crippen LogP contribution in [-0.2, 0) is 6.42 Å². The summed E-state index contributed by atoms with van der Waals surface area (Å²) in [6, 6.07) is 1.94. The second kappa shape index (κ2) is 9.49. The summed E-state index contributed by atoms with van der Waals surface area (Å²) in [5.74, 6) is 2.51. The average molecular weight is 683 g/mol. The Hall–Kier alpha value is 0.0400. The highest BCUT2D eigenvalue weighted by atomic mass is 79.9. The molecule has 0 spiro atoms. The highest BCUT2D eigenvalue weighted by molar-refractivity contribution is 9.13. The molecule has 0 heterocycles. The zero-order chi connectivity index (χ0) is 19.6. The number of benzene rings is 2. The van der Waals surface area contributed by atoms with Crippen LogP contribution in [0.25, 0.3) is 0 Å². The summed E-state index contributed by atoms with van der Waals surface area (Å²) in [5, 5.41) is 0. The standard InChI is InChI=1S/C17H15Br5O4/c1-23-9-6-7(10(18)13(21)15(9)24-2)5-8-11(19)14(22)17(26-4)16(25-3)12(8)20/h6H,5H2,1-4H3. The molecule has 0 aliphatic rings. The van der Waals surface area contributed by atoms with E-state index in [1.165, 1.54) is 0 Å². The molecule has 9 heteroatoms. The number of rotatable bonds is 6. The Morgan fingerprint density at radius 3 is 1.62 bits per heavy atom. The van der Waals surface area contributed by atoms with Crippen LogP contribution >= 0.6 is 79.6 Å². The monoisotopic (exact) mass is 678 g/mol. The van der Waals surface area contributed by atoms with Crippen molar-refractivity contribution in [3.8, 4) is 23.0 Å². The number of ether oxygens (including phenoxy) is 4. The van der Waals surface area contributed by atoms with Gasteiger partial charge < -0.3 is 18.9 Å². The Labute approximate surface area is 194 Å². The molecule has 0 aromatic heterocycles. The quantitative estimate of drug-likeness (QED) is 0.304. The van der Waals surface area contributed by atoms with Crippen molar-refractivity contribution in [1.29, 1.82) is 0 Å². The predicted molar refractivity (Wildman–Crippen MR) is 120 cm³/mol. The van der Waals surface area contributed by atoms with Gasteiger partial charge in [0.1, 0.15) is 0 Å². The molecule has 0 radical (unpaired) electrons. The van der Waals surface area contributed by atoms with Gasteiger partial charge in [-0.25, -0.2) is 0 Å². The first-order chi connectivity index (χ1) is 12.3. The summed E-state index contributed by atoms with van der Waals surface area (Å²) < 4.78 is 26.0. The summed E-state index contributed by atoms with van der Waals surface area (Å²) in [5.41, 5.74) is 2.00. The van der Waals surface area contributed by atoms with Crippen molar-refractivity contribution in [1.82, 2.24) is 0 Å². The molecule has 0 fully saturated rings. The Bertz CT molecular complexity index is 839.